The van der Waals surface area contributed by atoms with Gasteiger partial charge in [0.2, 0.25) is 0 Å². The monoisotopic (exact) mass is 265 g/mol. The van der Waals surface area contributed by atoms with E-state index in [9.17, 15) is 4.39 Å². The molecular formula is C16H24FNO. The molecule has 0 heterocycles. The maximum Gasteiger partial charge on any atom is 0.168 e. The van der Waals surface area contributed by atoms with E-state index in [1.807, 2.05) is 19.2 Å². The van der Waals surface area contributed by atoms with Crippen molar-refractivity contribution in [1.29, 1.82) is 0 Å². The van der Waals surface area contributed by atoms with Gasteiger partial charge in [0.15, 0.2) is 11.6 Å². The van der Waals surface area contributed by atoms with Crippen LogP contribution in [0.1, 0.15) is 31.7 Å². The molecule has 1 aromatic carbocycles. The van der Waals surface area contributed by atoms with E-state index in [0.717, 1.165) is 17.9 Å². The average Bonchev–Trinajstić information content (AvgIpc) is 2.84. The Hall–Kier alpha value is -1.09. The highest BCUT2D eigenvalue weighted by molar-refractivity contribution is 5.31. The molecule has 1 fully saturated rings. The quantitative estimate of drug-likeness (QED) is 0.881. The van der Waals surface area contributed by atoms with Crippen molar-refractivity contribution in [2.45, 2.75) is 38.6 Å². The van der Waals surface area contributed by atoms with Crippen LogP contribution in [-0.4, -0.2) is 20.2 Å². The van der Waals surface area contributed by atoms with Crippen LogP contribution in [0.4, 0.5) is 4.39 Å². The van der Waals surface area contributed by atoms with Gasteiger partial charge in [0.25, 0.3) is 0 Å². The molecule has 3 heteroatoms. The standard InChI is InChI=1S/C16H24FNO/c1-11-7-8-12(9-11)14(18-2)10-13-5-4-6-15(19-3)16(13)17/h4-6,11-12,14,18H,7-10H2,1-3H3. The Labute approximate surface area is 115 Å². The Morgan fingerprint density at radius 1 is 1.42 bits per heavy atom. The van der Waals surface area contributed by atoms with Crippen molar-refractivity contribution in [3.8, 4) is 5.75 Å². The highest BCUT2D eigenvalue weighted by Crippen LogP contribution is 2.34. The Balaban J connectivity index is 2.10. The molecule has 0 aliphatic heterocycles. The predicted octanol–water partition coefficient (Wildman–Crippen LogP) is 3.40. The largest absolute Gasteiger partial charge is 0.494 e. The van der Waals surface area contributed by atoms with E-state index in [4.69, 9.17) is 4.74 Å². The van der Waals surface area contributed by atoms with Gasteiger partial charge in [-0.3, -0.25) is 0 Å². The van der Waals surface area contributed by atoms with E-state index in [1.54, 1.807) is 6.07 Å². The van der Waals surface area contributed by atoms with Crippen molar-refractivity contribution in [2.75, 3.05) is 14.2 Å². The van der Waals surface area contributed by atoms with E-state index >= 15 is 0 Å². The first-order valence-electron chi connectivity index (χ1n) is 7.14. The number of hydrogen-bond donors (Lipinski definition) is 1. The first kappa shape index (κ1) is 14.3. The Bertz CT molecular complexity index is 421. The maximum absolute atomic E-state index is 14.2. The van der Waals surface area contributed by atoms with Gasteiger partial charge >= 0.3 is 0 Å². The minimum atomic E-state index is -0.212. The Morgan fingerprint density at radius 2 is 2.21 bits per heavy atom. The molecule has 106 valence electrons. The first-order chi connectivity index (χ1) is 9.15. The number of benzene rings is 1. The summed E-state index contributed by atoms with van der Waals surface area (Å²) in [5.41, 5.74) is 0.748. The molecule has 3 unspecified atom stereocenters. The molecule has 2 rings (SSSR count). The number of hydrogen-bond acceptors (Lipinski definition) is 2. The van der Waals surface area contributed by atoms with E-state index < -0.39 is 0 Å². The summed E-state index contributed by atoms with van der Waals surface area (Å²) in [7, 11) is 3.49. The highest BCUT2D eigenvalue weighted by atomic mass is 19.1. The summed E-state index contributed by atoms with van der Waals surface area (Å²) in [6, 6.07) is 5.75. The molecule has 1 N–H and O–H groups in total. The summed E-state index contributed by atoms with van der Waals surface area (Å²) in [5.74, 6) is 1.59. The summed E-state index contributed by atoms with van der Waals surface area (Å²) >= 11 is 0. The lowest BCUT2D eigenvalue weighted by Crippen LogP contribution is -2.34. The van der Waals surface area contributed by atoms with Crippen LogP contribution in [0, 0.1) is 17.7 Å². The molecular weight excluding hydrogens is 241 g/mol. The zero-order chi connectivity index (χ0) is 13.8. The van der Waals surface area contributed by atoms with Crippen molar-refractivity contribution in [3.63, 3.8) is 0 Å². The number of rotatable bonds is 5. The first-order valence-corrected chi connectivity index (χ1v) is 7.14. The van der Waals surface area contributed by atoms with Crippen LogP contribution in [0.3, 0.4) is 0 Å². The number of halogens is 1. The van der Waals surface area contributed by atoms with E-state index in [2.05, 4.69) is 12.2 Å². The molecule has 1 saturated carbocycles. The fraction of sp³-hybridized carbons (Fsp3) is 0.625. The van der Waals surface area contributed by atoms with Crippen molar-refractivity contribution in [3.05, 3.63) is 29.6 Å². The van der Waals surface area contributed by atoms with Gasteiger partial charge < -0.3 is 10.1 Å². The lowest BCUT2D eigenvalue weighted by molar-refractivity contribution is 0.356. The van der Waals surface area contributed by atoms with E-state index in [0.29, 0.717) is 17.7 Å². The molecule has 1 aliphatic rings. The van der Waals surface area contributed by atoms with Crippen molar-refractivity contribution in [1.82, 2.24) is 5.32 Å². The van der Waals surface area contributed by atoms with Crippen LogP contribution >= 0.6 is 0 Å². The smallest absolute Gasteiger partial charge is 0.168 e. The molecule has 0 amide bonds. The molecule has 0 aromatic heterocycles. The van der Waals surface area contributed by atoms with Gasteiger partial charge in [0.1, 0.15) is 0 Å². The van der Waals surface area contributed by atoms with Crippen LogP contribution in [-0.2, 0) is 6.42 Å². The molecule has 1 aliphatic carbocycles. The molecule has 3 atom stereocenters. The molecule has 0 spiro atoms. The summed E-state index contributed by atoms with van der Waals surface area (Å²) in [4.78, 5) is 0. The van der Waals surface area contributed by atoms with Crippen LogP contribution in [0.5, 0.6) is 5.75 Å². The SMILES string of the molecule is CNC(Cc1cccc(OC)c1F)C1CCC(C)C1. The third kappa shape index (κ3) is 3.27. The number of ether oxygens (including phenoxy) is 1. The molecule has 19 heavy (non-hydrogen) atoms. The lowest BCUT2D eigenvalue weighted by Gasteiger charge is -2.23. The molecule has 0 bridgehead atoms. The van der Waals surface area contributed by atoms with E-state index in [1.165, 1.54) is 26.4 Å². The van der Waals surface area contributed by atoms with Crippen LogP contribution in [0.2, 0.25) is 0 Å². The minimum absolute atomic E-state index is 0.212. The summed E-state index contributed by atoms with van der Waals surface area (Å²) in [6.07, 6.45) is 4.52. The third-order valence-corrected chi connectivity index (χ3v) is 4.38. The second kappa shape index (κ2) is 6.38. The fourth-order valence-corrected chi connectivity index (χ4v) is 3.23. The average molecular weight is 265 g/mol. The van der Waals surface area contributed by atoms with Gasteiger partial charge in [0.05, 0.1) is 7.11 Å². The predicted molar refractivity (Wildman–Crippen MR) is 76.0 cm³/mol. The Kier molecular flexibility index (Phi) is 4.81. The molecule has 0 saturated heterocycles. The summed E-state index contributed by atoms with van der Waals surface area (Å²) in [6.45, 7) is 2.30. The molecule has 1 aromatic rings. The second-order valence-corrected chi connectivity index (χ2v) is 5.71. The number of likely N-dealkylation sites (N-methyl/N-ethyl adjacent to an activating group) is 1. The minimum Gasteiger partial charge on any atom is -0.494 e. The molecule has 2 nitrogen and oxygen atoms in total. The molecule has 0 radical (unpaired) electrons. The van der Waals surface area contributed by atoms with Crippen molar-refractivity contribution >= 4 is 0 Å². The third-order valence-electron chi connectivity index (χ3n) is 4.38. The summed E-state index contributed by atoms with van der Waals surface area (Å²) in [5, 5.41) is 3.37. The van der Waals surface area contributed by atoms with Crippen LogP contribution in [0.15, 0.2) is 18.2 Å². The van der Waals surface area contributed by atoms with Gasteiger partial charge in [0, 0.05) is 6.04 Å². The fourth-order valence-electron chi connectivity index (χ4n) is 3.23. The number of methoxy groups -OCH3 is 1. The van der Waals surface area contributed by atoms with E-state index in [-0.39, 0.29) is 5.82 Å². The van der Waals surface area contributed by atoms with Crippen molar-refractivity contribution < 1.29 is 9.13 Å². The Morgan fingerprint density at radius 3 is 2.79 bits per heavy atom. The second-order valence-electron chi connectivity index (χ2n) is 5.71. The van der Waals surface area contributed by atoms with Gasteiger partial charge in [-0.05, 0) is 49.8 Å². The van der Waals surface area contributed by atoms with Gasteiger partial charge in [-0.15, -0.1) is 0 Å². The van der Waals surface area contributed by atoms with Gasteiger partial charge in [-0.25, -0.2) is 4.39 Å². The van der Waals surface area contributed by atoms with Crippen LogP contribution < -0.4 is 10.1 Å². The maximum atomic E-state index is 14.2. The zero-order valence-corrected chi connectivity index (χ0v) is 12.1. The zero-order valence-electron chi connectivity index (χ0n) is 12.1. The highest BCUT2D eigenvalue weighted by Gasteiger charge is 2.28. The summed E-state index contributed by atoms with van der Waals surface area (Å²) < 4.78 is 19.2. The topological polar surface area (TPSA) is 21.3 Å². The van der Waals surface area contributed by atoms with Crippen LogP contribution in [0.25, 0.3) is 0 Å². The lowest BCUT2D eigenvalue weighted by atomic mass is 9.91. The number of nitrogens with one attached hydrogen (secondary N) is 1. The normalized spacial score (nSPS) is 24.4. The van der Waals surface area contributed by atoms with Crippen molar-refractivity contribution in [2.24, 2.45) is 11.8 Å². The van der Waals surface area contributed by atoms with Gasteiger partial charge in [-0.1, -0.05) is 25.5 Å². The van der Waals surface area contributed by atoms with Gasteiger partial charge in [-0.2, -0.15) is 0 Å².